The molecule has 0 aliphatic carbocycles. The van der Waals surface area contributed by atoms with E-state index in [0.717, 1.165) is 37.5 Å². The molecule has 98 valence electrons. The monoisotopic (exact) mass is 247 g/mol. The van der Waals surface area contributed by atoms with E-state index in [1.54, 1.807) is 12.3 Å². The molecule has 4 heteroatoms. The lowest BCUT2D eigenvalue weighted by Crippen LogP contribution is -2.38. The standard InChI is InChI=1S/C14H21N3O/c1-3-11-4-6-17(7-5-11)14(18)13-8-12(15)9-16-10(13)2/h8-9,11H,3-7,15H2,1-2H3. The molecule has 1 saturated heterocycles. The number of piperidine rings is 1. The Morgan fingerprint density at radius 2 is 2.17 bits per heavy atom. The number of hydrogen-bond donors (Lipinski definition) is 1. The minimum absolute atomic E-state index is 0.0712. The van der Waals surface area contributed by atoms with Crippen molar-refractivity contribution < 1.29 is 4.79 Å². The molecule has 1 aromatic heterocycles. The lowest BCUT2D eigenvalue weighted by Gasteiger charge is -2.31. The van der Waals surface area contributed by atoms with Gasteiger partial charge in [0.15, 0.2) is 0 Å². The van der Waals surface area contributed by atoms with Gasteiger partial charge in [-0.05, 0) is 31.7 Å². The summed E-state index contributed by atoms with van der Waals surface area (Å²) in [6.45, 7) is 5.77. The van der Waals surface area contributed by atoms with Gasteiger partial charge in [0.1, 0.15) is 0 Å². The van der Waals surface area contributed by atoms with Gasteiger partial charge in [-0.1, -0.05) is 13.3 Å². The van der Waals surface area contributed by atoms with Crippen LogP contribution in [-0.2, 0) is 0 Å². The van der Waals surface area contributed by atoms with Gasteiger partial charge < -0.3 is 10.6 Å². The number of rotatable bonds is 2. The van der Waals surface area contributed by atoms with E-state index < -0.39 is 0 Å². The fourth-order valence-corrected chi connectivity index (χ4v) is 2.48. The number of likely N-dealkylation sites (tertiary alicyclic amines) is 1. The lowest BCUT2D eigenvalue weighted by atomic mass is 9.94. The fourth-order valence-electron chi connectivity index (χ4n) is 2.48. The van der Waals surface area contributed by atoms with E-state index in [1.807, 2.05) is 11.8 Å². The van der Waals surface area contributed by atoms with Crippen molar-refractivity contribution in [2.24, 2.45) is 5.92 Å². The summed E-state index contributed by atoms with van der Waals surface area (Å²) in [5.41, 5.74) is 7.65. The van der Waals surface area contributed by atoms with Gasteiger partial charge in [-0.15, -0.1) is 0 Å². The van der Waals surface area contributed by atoms with Gasteiger partial charge in [0, 0.05) is 13.1 Å². The van der Waals surface area contributed by atoms with Crippen LogP contribution in [0.5, 0.6) is 0 Å². The zero-order valence-corrected chi connectivity index (χ0v) is 11.1. The largest absolute Gasteiger partial charge is 0.397 e. The smallest absolute Gasteiger partial charge is 0.255 e. The summed E-state index contributed by atoms with van der Waals surface area (Å²) in [7, 11) is 0. The fraction of sp³-hybridized carbons (Fsp3) is 0.571. The number of aromatic nitrogens is 1. The highest BCUT2D eigenvalue weighted by Crippen LogP contribution is 2.22. The number of carbonyl (C=O) groups is 1. The van der Waals surface area contributed by atoms with Crippen molar-refractivity contribution in [1.29, 1.82) is 0 Å². The molecule has 1 amide bonds. The first-order valence-corrected chi connectivity index (χ1v) is 6.63. The molecule has 1 aliphatic rings. The molecular weight excluding hydrogens is 226 g/mol. The van der Waals surface area contributed by atoms with Crippen LogP contribution in [0, 0.1) is 12.8 Å². The first-order chi connectivity index (χ1) is 8.61. The topological polar surface area (TPSA) is 59.2 Å². The van der Waals surface area contributed by atoms with Gasteiger partial charge in [-0.3, -0.25) is 9.78 Å². The second-order valence-corrected chi connectivity index (χ2v) is 5.05. The van der Waals surface area contributed by atoms with Crippen LogP contribution in [0.2, 0.25) is 0 Å². The third-order valence-corrected chi connectivity index (χ3v) is 3.82. The number of nitrogens with zero attached hydrogens (tertiary/aromatic N) is 2. The van der Waals surface area contributed by atoms with Crippen molar-refractivity contribution in [1.82, 2.24) is 9.88 Å². The minimum Gasteiger partial charge on any atom is -0.397 e. The number of pyridine rings is 1. The summed E-state index contributed by atoms with van der Waals surface area (Å²) < 4.78 is 0. The number of carbonyl (C=O) groups excluding carboxylic acids is 1. The van der Waals surface area contributed by atoms with Crippen LogP contribution in [-0.4, -0.2) is 28.9 Å². The van der Waals surface area contributed by atoms with Crippen LogP contribution in [0.15, 0.2) is 12.3 Å². The summed E-state index contributed by atoms with van der Waals surface area (Å²) in [5.74, 6) is 0.843. The van der Waals surface area contributed by atoms with Crippen LogP contribution in [0.1, 0.15) is 42.2 Å². The van der Waals surface area contributed by atoms with Gasteiger partial charge in [-0.2, -0.15) is 0 Å². The Kier molecular flexibility index (Phi) is 3.84. The molecule has 2 N–H and O–H groups in total. The third-order valence-electron chi connectivity index (χ3n) is 3.82. The molecule has 4 nitrogen and oxygen atoms in total. The van der Waals surface area contributed by atoms with Crippen LogP contribution >= 0.6 is 0 Å². The van der Waals surface area contributed by atoms with Crippen molar-refractivity contribution in [2.75, 3.05) is 18.8 Å². The molecule has 0 unspecified atom stereocenters. The summed E-state index contributed by atoms with van der Waals surface area (Å²) in [6.07, 6.45) is 5.02. The molecule has 0 radical (unpaired) electrons. The zero-order chi connectivity index (χ0) is 13.1. The summed E-state index contributed by atoms with van der Waals surface area (Å²) in [4.78, 5) is 18.5. The van der Waals surface area contributed by atoms with Gasteiger partial charge in [0.2, 0.25) is 0 Å². The number of hydrogen-bond acceptors (Lipinski definition) is 3. The molecular formula is C14H21N3O. The van der Waals surface area contributed by atoms with Gasteiger partial charge in [0.25, 0.3) is 5.91 Å². The average molecular weight is 247 g/mol. The summed E-state index contributed by atoms with van der Waals surface area (Å²) in [5, 5.41) is 0. The predicted octanol–water partition coefficient (Wildman–Crippen LogP) is 2.23. The predicted molar refractivity (Wildman–Crippen MR) is 72.3 cm³/mol. The Bertz CT molecular complexity index is 437. The Balaban J connectivity index is 2.10. The normalized spacial score (nSPS) is 16.9. The van der Waals surface area contributed by atoms with E-state index in [1.165, 1.54) is 6.42 Å². The molecule has 1 fully saturated rings. The van der Waals surface area contributed by atoms with E-state index in [-0.39, 0.29) is 5.91 Å². The summed E-state index contributed by atoms with van der Waals surface area (Å²) >= 11 is 0. The number of aryl methyl sites for hydroxylation is 1. The number of nitrogen functional groups attached to an aromatic ring is 1. The first kappa shape index (κ1) is 12.9. The molecule has 18 heavy (non-hydrogen) atoms. The highest BCUT2D eigenvalue weighted by Gasteiger charge is 2.23. The van der Waals surface area contributed by atoms with Gasteiger partial charge in [-0.25, -0.2) is 0 Å². The van der Waals surface area contributed by atoms with Gasteiger partial charge in [0.05, 0.1) is 23.1 Å². The van der Waals surface area contributed by atoms with Crippen molar-refractivity contribution in [3.05, 3.63) is 23.5 Å². The first-order valence-electron chi connectivity index (χ1n) is 6.63. The Hall–Kier alpha value is -1.58. The number of nitrogens with two attached hydrogens (primary N) is 1. The SMILES string of the molecule is CCC1CCN(C(=O)c2cc(N)cnc2C)CC1. The maximum Gasteiger partial charge on any atom is 0.255 e. The van der Waals surface area contributed by atoms with Crippen molar-refractivity contribution >= 4 is 11.6 Å². The van der Waals surface area contributed by atoms with Crippen molar-refractivity contribution in [2.45, 2.75) is 33.1 Å². The molecule has 0 spiro atoms. The maximum atomic E-state index is 12.4. The molecule has 0 saturated carbocycles. The number of anilines is 1. The molecule has 1 aliphatic heterocycles. The van der Waals surface area contributed by atoms with Crippen molar-refractivity contribution in [3.8, 4) is 0 Å². The molecule has 2 heterocycles. The van der Waals surface area contributed by atoms with E-state index >= 15 is 0 Å². The van der Waals surface area contributed by atoms with Crippen molar-refractivity contribution in [3.63, 3.8) is 0 Å². The summed E-state index contributed by atoms with van der Waals surface area (Å²) in [6, 6.07) is 1.73. The molecule has 0 aromatic carbocycles. The van der Waals surface area contributed by atoms with Crippen LogP contribution in [0.25, 0.3) is 0 Å². The van der Waals surface area contributed by atoms with Crippen LogP contribution < -0.4 is 5.73 Å². The second-order valence-electron chi connectivity index (χ2n) is 5.05. The lowest BCUT2D eigenvalue weighted by molar-refractivity contribution is 0.0687. The van der Waals surface area contributed by atoms with E-state index in [9.17, 15) is 4.79 Å². The highest BCUT2D eigenvalue weighted by atomic mass is 16.2. The van der Waals surface area contributed by atoms with E-state index in [0.29, 0.717) is 11.3 Å². The Labute approximate surface area is 108 Å². The van der Waals surface area contributed by atoms with Crippen LogP contribution in [0.4, 0.5) is 5.69 Å². The maximum absolute atomic E-state index is 12.4. The Morgan fingerprint density at radius 3 is 2.78 bits per heavy atom. The molecule has 0 bridgehead atoms. The van der Waals surface area contributed by atoms with E-state index in [2.05, 4.69) is 11.9 Å². The molecule has 0 atom stereocenters. The van der Waals surface area contributed by atoms with Crippen LogP contribution in [0.3, 0.4) is 0 Å². The highest BCUT2D eigenvalue weighted by molar-refractivity contribution is 5.96. The average Bonchev–Trinajstić information content (AvgIpc) is 2.41. The Morgan fingerprint density at radius 1 is 1.50 bits per heavy atom. The van der Waals surface area contributed by atoms with Gasteiger partial charge >= 0.3 is 0 Å². The molecule has 1 aromatic rings. The number of amides is 1. The minimum atomic E-state index is 0.0712. The molecule has 2 rings (SSSR count). The third kappa shape index (κ3) is 2.63. The second kappa shape index (κ2) is 5.38. The zero-order valence-electron chi connectivity index (χ0n) is 11.1. The quantitative estimate of drug-likeness (QED) is 0.871. The van der Waals surface area contributed by atoms with E-state index in [4.69, 9.17) is 5.73 Å².